The van der Waals surface area contributed by atoms with Crippen LogP contribution in [-0.2, 0) is 11.3 Å². The summed E-state index contributed by atoms with van der Waals surface area (Å²) >= 11 is 0. The van der Waals surface area contributed by atoms with Gasteiger partial charge in [-0.05, 0) is 36.4 Å². The monoisotopic (exact) mass is 414 g/mol. The molecule has 0 fully saturated rings. The molecule has 2 aromatic heterocycles. The van der Waals surface area contributed by atoms with E-state index in [0.29, 0.717) is 33.2 Å². The van der Waals surface area contributed by atoms with Gasteiger partial charge in [0.05, 0.1) is 11.0 Å². The summed E-state index contributed by atoms with van der Waals surface area (Å²) in [5.74, 6) is -1.22. The fourth-order valence-corrected chi connectivity index (χ4v) is 3.65. The summed E-state index contributed by atoms with van der Waals surface area (Å²) < 4.78 is 29.0. The van der Waals surface area contributed by atoms with Gasteiger partial charge in [-0.3, -0.25) is 14.5 Å². The normalized spacial score (nSPS) is 11.2. The van der Waals surface area contributed by atoms with Crippen LogP contribution in [0.25, 0.3) is 33.1 Å². The average Bonchev–Trinajstić information content (AvgIpc) is 3.13. The fraction of sp³-hybridized carbons (Fsp3) is 0.0417. The Morgan fingerprint density at radius 1 is 0.903 bits per heavy atom. The van der Waals surface area contributed by atoms with E-state index < -0.39 is 11.6 Å². The average molecular weight is 414 g/mol. The van der Waals surface area contributed by atoms with E-state index in [1.807, 2.05) is 30.3 Å². The standard InChI is InChI=1S/C24H16F2N4O/c25-16-7-4-8-18(11-16)28-22(31)14-30-24-19-12-17(26)9-10-21(19)27-13-20(24)23(29-30)15-5-2-1-3-6-15/h1-13H,14H2,(H,28,31). The van der Waals surface area contributed by atoms with Crippen molar-refractivity contribution in [1.82, 2.24) is 14.8 Å². The van der Waals surface area contributed by atoms with Crippen LogP contribution in [0.4, 0.5) is 14.5 Å². The lowest BCUT2D eigenvalue weighted by Gasteiger charge is -2.08. The van der Waals surface area contributed by atoms with Crippen LogP contribution in [0.5, 0.6) is 0 Å². The number of nitrogens with zero attached hydrogens (tertiary/aromatic N) is 3. The molecule has 5 nitrogen and oxygen atoms in total. The van der Waals surface area contributed by atoms with Gasteiger partial charge < -0.3 is 5.32 Å². The predicted molar refractivity (Wildman–Crippen MR) is 115 cm³/mol. The Hall–Kier alpha value is -4.13. The molecular weight excluding hydrogens is 398 g/mol. The van der Waals surface area contributed by atoms with Gasteiger partial charge in [-0.25, -0.2) is 8.78 Å². The highest BCUT2D eigenvalue weighted by atomic mass is 19.1. The lowest BCUT2D eigenvalue weighted by molar-refractivity contribution is -0.116. The fourth-order valence-electron chi connectivity index (χ4n) is 3.65. The maximum Gasteiger partial charge on any atom is 0.246 e. The van der Waals surface area contributed by atoms with Crippen LogP contribution in [-0.4, -0.2) is 20.7 Å². The van der Waals surface area contributed by atoms with Gasteiger partial charge in [0.15, 0.2) is 0 Å². The number of nitrogens with one attached hydrogen (secondary N) is 1. The second-order valence-corrected chi connectivity index (χ2v) is 7.11. The van der Waals surface area contributed by atoms with Gasteiger partial charge in [-0.1, -0.05) is 36.4 Å². The molecule has 152 valence electrons. The van der Waals surface area contributed by atoms with Crippen molar-refractivity contribution < 1.29 is 13.6 Å². The lowest BCUT2D eigenvalue weighted by Crippen LogP contribution is -2.19. The first-order valence-electron chi connectivity index (χ1n) is 9.64. The van der Waals surface area contributed by atoms with Crippen LogP contribution in [0.1, 0.15) is 0 Å². The molecule has 0 radical (unpaired) electrons. The van der Waals surface area contributed by atoms with E-state index in [1.54, 1.807) is 18.3 Å². The number of amides is 1. The van der Waals surface area contributed by atoms with Crippen molar-refractivity contribution >= 4 is 33.4 Å². The van der Waals surface area contributed by atoms with Crippen molar-refractivity contribution in [3.05, 3.63) is 90.6 Å². The van der Waals surface area contributed by atoms with Gasteiger partial charge in [0.25, 0.3) is 0 Å². The molecule has 0 saturated heterocycles. The molecule has 2 heterocycles. The summed E-state index contributed by atoms with van der Waals surface area (Å²) in [6, 6.07) is 19.5. The molecule has 1 amide bonds. The quantitative estimate of drug-likeness (QED) is 0.441. The minimum absolute atomic E-state index is 0.129. The van der Waals surface area contributed by atoms with E-state index in [0.717, 1.165) is 5.56 Å². The Kier molecular flexibility index (Phi) is 4.63. The molecule has 0 saturated carbocycles. The molecule has 31 heavy (non-hydrogen) atoms. The topological polar surface area (TPSA) is 59.8 Å². The summed E-state index contributed by atoms with van der Waals surface area (Å²) in [6.45, 7) is -0.129. The van der Waals surface area contributed by atoms with Gasteiger partial charge in [0.1, 0.15) is 23.9 Å². The zero-order chi connectivity index (χ0) is 21.4. The number of rotatable bonds is 4. The summed E-state index contributed by atoms with van der Waals surface area (Å²) in [5, 5.41) is 8.60. The van der Waals surface area contributed by atoms with E-state index >= 15 is 0 Å². The van der Waals surface area contributed by atoms with Gasteiger partial charge in [0.2, 0.25) is 5.91 Å². The van der Waals surface area contributed by atoms with Crippen LogP contribution >= 0.6 is 0 Å². The van der Waals surface area contributed by atoms with E-state index in [4.69, 9.17) is 0 Å². The molecule has 0 bridgehead atoms. The van der Waals surface area contributed by atoms with E-state index in [2.05, 4.69) is 15.4 Å². The number of anilines is 1. The summed E-state index contributed by atoms with van der Waals surface area (Å²) in [4.78, 5) is 17.1. The lowest BCUT2D eigenvalue weighted by atomic mass is 10.1. The number of hydrogen-bond donors (Lipinski definition) is 1. The Morgan fingerprint density at radius 3 is 2.52 bits per heavy atom. The van der Waals surface area contributed by atoms with Gasteiger partial charge in [-0.15, -0.1) is 0 Å². The molecule has 0 spiro atoms. The Balaban J connectivity index is 1.64. The zero-order valence-electron chi connectivity index (χ0n) is 16.2. The summed E-state index contributed by atoms with van der Waals surface area (Å²) in [6.07, 6.45) is 1.69. The van der Waals surface area contributed by atoms with Gasteiger partial charge >= 0.3 is 0 Å². The van der Waals surface area contributed by atoms with Crippen molar-refractivity contribution in [3.63, 3.8) is 0 Å². The second-order valence-electron chi connectivity index (χ2n) is 7.11. The van der Waals surface area contributed by atoms with Crippen molar-refractivity contribution in [2.75, 3.05) is 5.32 Å². The maximum atomic E-state index is 14.0. The molecule has 5 rings (SSSR count). The molecule has 1 N–H and O–H groups in total. The minimum Gasteiger partial charge on any atom is -0.324 e. The molecule has 0 unspecified atom stereocenters. The molecule has 3 aromatic carbocycles. The minimum atomic E-state index is -0.443. The van der Waals surface area contributed by atoms with E-state index in [9.17, 15) is 13.6 Å². The Labute approximate surface area is 176 Å². The first-order valence-corrected chi connectivity index (χ1v) is 9.64. The van der Waals surface area contributed by atoms with Crippen molar-refractivity contribution in [1.29, 1.82) is 0 Å². The van der Waals surface area contributed by atoms with Crippen molar-refractivity contribution in [2.45, 2.75) is 6.54 Å². The molecule has 0 aliphatic heterocycles. The summed E-state index contributed by atoms with van der Waals surface area (Å²) in [7, 11) is 0. The third-order valence-electron chi connectivity index (χ3n) is 4.98. The van der Waals surface area contributed by atoms with Crippen LogP contribution in [0.15, 0.2) is 79.0 Å². The second kappa shape index (κ2) is 7.60. The highest BCUT2D eigenvalue weighted by Gasteiger charge is 2.18. The number of aromatic nitrogens is 3. The Bertz CT molecular complexity index is 1430. The zero-order valence-corrected chi connectivity index (χ0v) is 16.2. The number of halogens is 2. The molecule has 0 aliphatic rings. The van der Waals surface area contributed by atoms with Crippen LogP contribution < -0.4 is 5.32 Å². The third kappa shape index (κ3) is 3.61. The maximum absolute atomic E-state index is 14.0. The molecule has 0 aliphatic carbocycles. The predicted octanol–water partition coefficient (Wildman–Crippen LogP) is 5.17. The highest BCUT2D eigenvalue weighted by molar-refractivity contribution is 6.08. The van der Waals surface area contributed by atoms with Crippen LogP contribution in [0.3, 0.4) is 0 Å². The van der Waals surface area contributed by atoms with Crippen LogP contribution in [0.2, 0.25) is 0 Å². The largest absolute Gasteiger partial charge is 0.324 e. The summed E-state index contributed by atoms with van der Waals surface area (Å²) in [5.41, 5.74) is 3.06. The van der Waals surface area contributed by atoms with E-state index in [-0.39, 0.29) is 12.5 Å². The number of pyridine rings is 1. The highest BCUT2D eigenvalue weighted by Crippen LogP contribution is 2.32. The smallest absolute Gasteiger partial charge is 0.246 e. The first-order chi connectivity index (χ1) is 15.1. The number of benzene rings is 3. The van der Waals surface area contributed by atoms with Gasteiger partial charge in [0, 0.05) is 28.2 Å². The van der Waals surface area contributed by atoms with Crippen molar-refractivity contribution in [3.8, 4) is 11.3 Å². The SMILES string of the molecule is O=C(Cn1nc(-c2ccccc2)c2cnc3ccc(F)cc3c21)Nc1cccc(F)c1. The molecule has 5 aromatic rings. The van der Waals surface area contributed by atoms with E-state index in [1.165, 1.54) is 35.0 Å². The molecular formula is C24H16F2N4O. The number of fused-ring (bicyclic) bond motifs is 3. The first kappa shape index (κ1) is 18.9. The number of carbonyl (C=O) groups excluding carboxylic acids is 1. The molecule has 0 atom stereocenters. The number of carbonyl (C=O) groups is 1. The third-order valence-corrected chi connectivity index (χ3v) is 4.98. The Morgan fingerprint density at radius 2 is 1.71 bits per heavy atom. The van der Waals surface area contributed by atoms with Crippen LogP contribution in [0, 0.1) is 11.6 Å². The number of hydrogen-bond acceptors (Lipinski definition) is 3. The van der Waals surface area contributed by atoms with Crippen molar-refractivity contribution in [2.24, 2.45) is 0 Å². The molecule has 7 heteroatoms. The van der Waals surface area contributed by atoms with Gasteiger partial charge in [-0.2, -0.15) is 5.10 Å².